The Balaban J connectivity index is 1.22. The van der Waals surface area contributed by atoms with Crippen molar-refractivity contribution >= 4 is 34.4 Å². The Hall–Kier alpha value is -3.26. The fourth-order valence-corrected chi connectivity index (χ4v) is 4.91. The number of hydrogen-bond donors (Lipinski definition) is 1. The summed E-state index contributed by atoms with van der Waals surface area (Å²) in [7, 11) is 2.00. The van der Waals surface area contributed by atoms with Crippen molar-refractivity contribution in [2.75, 3.05) is 55.1 Å². The molecule has 2 aromatic carbocycles. The molecule has 1 amide bonds. The first kappa shape index (κ1) is 19.4. The largest absolute Gasteiger partial charge is 0.490 e. The smallest absolute Gasteiger partial charge is 0.298 e. The van der Waals surface area contributed by atoms with Crippen LogP contribution < -0.4 is 19.9 Å². The van der Waals surface area contributed by atoms with Crippen LogP contribution in [0.25, 0.3) is 11.1 Å². The maximum atomic E-state index is 12.9. The van der Waals surface area contributed by atoms with Crippen molar-refractivity contribution in [2.45, 2.75) is 24.8 Å². The molecule has 8 nitrogen and oxygen atoms in total. The van der Waals surface area contributed by atoms with Crippen LogP contribution in [0.4, 0.5) is 17.4 Å². The lowest BCUT2D eigenvalue weighted by molar-refractivity contribution is 0.0265. The monoisotopic (exact) mass is 434 g/mol. The van der Waals surface area contributed by atoms with Crippen molar-refractivity contribution in [1.29, 1.82) is 0 Å². The maximum Gasteiger partial charge on any atom is 0.298 e. The van der Waals surface area contributed by atoms with E-state index in [4.69, 9.17) is 18.9 Å². The first-order valence-electron chi connectivity index (χ1n) is 11.2. The third kappa shape index (κ3) is 3.17. The Morgan fingerprint density at radius 2 is 1.94 bits per heavy atom. The summed E-state index contributed by atoms with van der Waals surface area (Å²) in [6.45, 7) is 3.98. The first-order chi connectivity index (χ1) is 15.6. The Morgan fingerprint density at radius 1 is 1.06 bits per heavy atom. The van der Waals surface area contributed by atoms with Crippen molar-refractivity contribution < 1.29 is 18.7 Å². The highest BCUT2D eigenvalue weighted by Gasteiger charge is 2.47. The Labute approximate surface area is 186 Å². The van der Waals surface area contributed by atoms with Crippen LogP contribution in [-0.4, -0.2) is 56.4 Å². The Kier molecular flexibility index (Phi) is 4.50. The van der Waals surface area contributed by atoms with Crippen LogP contribution in [0.1, 0.15) is 29.6 Å². The summed E-state index contributed by atoms with van der Waals surface area (Å²) in [4.78, 5) is 22.0. The van der Waals surface area contributed by atoms with Crippen LogP contribution in [0, 0.1) is 0 Å². The van der Waals surface area contributed by atoms with Gasteiger partial charge in [-0.1, -0.05) is 0 Å². The average molecular weight is 434 g/mol. The number of aromatic nitrogens is 1. The predicted molar refractivity (Wildman–Crippen MR) is 122 cm³/mol. The van der Waals surface area contributed by atoms with Crippen molar-refractivity contribution in [2.24, 2.45) is 0 Å². The summed E-state index contributed by atoms with van der Waals surface area (Å²) in [5.41, 5.74) is 3.79. The van der Waals surface area contributed by atoms with E-state index in [1.54, 1.807) is 6.07 Å². The fraction of sp³-hybridized carbons (Fsp3) is 0.417. The molecule has 2 saturated heterocycles. The van der Waals surface area contributed by atoms with Crippen LogP contribution in [0.3, 0.4) is 0 Å². The molecule has 1 N–H and O–H groups in total. The van der Waals surface area contributed by atoms with Crippen LogP contribution in [-0.2, 0) is 4.74 Å². The molecular weight excluding hydrogens is 408 g/mol. The van der Waals surface area contributed by atoms with Crippen LogP contribution in [0.15, 0.2) is 40.8 Å². The SMILES string of the molecule is CN1CCOc2ccc(C(=O)Nc3ccc4oc(N5CCC56CCOCC6)nc4c3)cc21. The predicted octanol–water partition coefficient (Wildman–Crippen LogP) is 3.67. The van der Waals surface area contributed by atoms with Crippen LogP contribution >= 0.6 is 0 Å². The third-order valence-corrected chi connectivity index (χ3v) is 6.98. The summed E-state index contributed by atoms with van der Waals surface area (Å²) in [6.07, 6.45) is 3.17. The molecule has 0 saturated carbocycles. The molecule has 166 valence electrons. The lowest BCUT2D eigenvalue weighted by Gasteiger charge is -2.53. The second kappa shape index (κ2) is 7.41. The number of nitrogens with one attached hydrogen (secondary N) is 1. The minimum absolute atomic E-state index is 0.124. The van der Waals surface area contributed by atoms with Gasteiger partial charge in [-0.3, -0.25) is 4.79 Å². The molecule has 1 spiro atoms. The number of benzene rings is 2. The van der Waals surface area contributed by atoms with Crippen LogP contribution in [0.5, 0.6) is 5.75 Å². The molecule has 3 aromatic rings. The summed E-state index contributed by atoms with van der Waals surface area (Å²) < 4.78 is 17.3. The van der Waals surface area contributed by atoms with E-state index in [0.29, 0.717) is 23.9 Å². The average Bonchev–Trinajstić information content (AvgIpc) is 3.21. The van der Waals surface area contributed by atoms with Gasteiger partial charge in [0.1, 0.15) is 17.9 Å². The first-order valence-corrected chi connectivity index (χ1v) is 11.2. The number of amides is 1. The molecule has 1 aromatic heterocycles. The summed E-state index contributed by atoms with van der Waals surface area (Å²) in [6, 6.07) is 11.8. The molecule has 32 heavy (non-hydrogen) atoms. The van der Waals surface area contributed by atoms with Gasteiger partial charge < -0.3 is 29.0 Å². The number of carbonyl (C=O) groups is 1. The molecule has 6 rings (SSSR count). The minimum Gasteiger partial charge on any atom is -0.490 e. The second-order valence-electron chi connectivity index (χ2n) is 8.82. The maximum absolute atomic E-state index is 12.9. The number of rotatable bonds is 3. The number of likely N-dealkylation sites (N-methyl/N-ethyl adjacent to an activating group) is 1. The number of anilines is 3. The van der Waals surface area contributed by atoms with Gasteiger partial charge in [0.25, 0.3) is 11.9 Å². The summed E-state index contributed by atoms with van der Waals surface area (Å²) >= 11 is 0. The molecule has 3 aliphatic rings. The highest BCUT2D eigenvalue weighted by atomic mass is 16.5. The van der Waals surface area contributed by atoms with E-state index >= 15 is 0 Å². The number of carbonyl (C=O) groups excluding carboxylic acids is 1. The van der Waals surface area contributed by atoms with Crippen molar-refractivity contribution in [1.82, 2.24) is 4.98 Å². The van der Waals surface area contributed by atoms with Gasteiger partial charge in [0.2, 0.25) is 0 Å². The van der Waals surface area contributed by atoms with Crippen molar-refractivity contribution in [3.8, 4) is 5.75 Å². The highest BCUT2D eigenvalue weighted by molar-refractivity contribution is 6.05. The van der Waals surface area contributed by atoms with E-state index in [1.165, 1.54) is 0 Å². The van der Waals surface area contributed by atoms with Gasteiger partial charge in [-0.2, -0.15) is 4.98 Å². The molecule has 3 aliphatic heterocycles. The van der Waals surface area contributed by atoms with Gasteiger partial charge in [-0.05, 0) is 55.7 Å². The molecule has 8 heteroatoms. The van der Waals surface area contributed by atoms with Crippen molar-refractivity contribution in [3.05, 3.63) is 42.0 Å². The minimum atomic E-state index is -0.168. The van der Waals surface area contributed by atoms with Gasteiger partial charge in [-0.15, -0.1) is 0 Å². The van der Waals surface area contributed by atoms with E-state index in [2.05, 4.69) is 15.1 Å². The normalized spacial score (nSPS) is 19.4. The Morgan fingerprint density at radius 3 is 2.75 bits per heavy atom. The van der Waals surface area contributed by atoms with E-state index in [9.17, 15) is 4.79 Å². The second-order valence-corrected chi connectivity index (χ2v) is 8.82. The third-order valence-electron chi connectivity index (χ3n) is 6.98. The quantitative estimate of drug-likeness (QED) is 0.674. The van der Waals surface area contributed by atoms with Gasteiger partial charge in [0, 0.05) is 38.1 Å². The number of oxazole rings is 1. The summed E-state index contributed by atoms with van der Waals surface area (Å²) in [5.74, 6) is 0.638. The number of ether oxygens (including phenoxy) is 2. The molecule has 0 unspecified atom stereocenters. The highest BCUT2D eigenvalue weighted by Crippen LogP contribution is 2.43. The molecule has 0 radical (unpaired) electrons. The van der Waals surface area contributed by atoms with Crippen molar-refractivity contribution in [3.63, 3.8) is 0 Å². The zero-order chi connectivity index (χ0) is 21.7. The molecule has 4 heterocycles. The van der Waals surface area contributed by atoms with E-state index in [-0.39, 0.29) is 11.4 Å². The van der Waals surface area contributed by atoms with E-state index in [1.807, 2.05) is 37.4 Å². The number of nitrogens with zero attached hydrogens (tertiary/aromatic N) is 3. The van der Waals surface area contributed by atoms with Gasteiger partial charge in [0.05, 0.1) is 17.8 Å². The lowest BCUT2D eigenvalue weighted by Crippen LogP contribution is -2.62. The lowest BCUT2D eigenvalue weighted by atomic mass is 9.78. The van der Waals surface area contributed by atoms with Gasteiger partial charge >= 0.3 is 0 Å². The fourth-order valence-electron chi connectivity index (χ4n) is 4.91. The Bertz CT molecular complexity index is 1180. The number of hydrogen-bond acceptors (Lipinski definition) is 7. The topological polar surface area (TPSA) is 80.1 Å². The van der Waals surface area contributed by atoms with E-state index in [0.717, 1.165) is 68.1 Å². The van der Waals surface area contributed by atoms with E-state index < -0.39 is 0 Å². The summed E-state index contributed by atoms with van der Waals surface area (Å²) in [5, 5.41) is 2.99. The molecule has 2 fully saturated rings. The molecular formula is C24H26N4O4. The van der Waals surface area contributed by atoms with Gasteiger partial charge in [-0.25, -0.2) is 0 Å². The van der Waals surface area contributed by atoms with Gasteiger partial charge in [0.15, 0.2) is 5.58 Å². The standard InChI is InChI=1S/C24H26N4O4/c1-27-10-13-31-21-4-2-16(14-19(21)27)22(29)25-17-3-5-20-18(15-17)26-23(32-20)28-9-6-24(28)7-11-30-12-8-24/h2-5,14-15H,6-13H2,1H3,(H,25,29). The zero-order valence-corrected chi connectivity index (χ0v) is 18.1. The zero-order valence-electron chi connectivity index (χ0n) is 18.1. The number of fused-ring (bicyclic) bond motifs is 2. The molecule has 0 aliphatic carbocycles. The van der Waals surface area contributed by atoms with Crippen LogP contribution in [0.2, 0.25) is 0 Å². The molecule has 0 bridgehead atoms. The molecule has 0 atom stereocenters.